The molecule has 0 atom stereocenters. The molecule has 0 aliphatic carbocycles. The van der Waals surface area contributed by atoms with E-state index < -0.39 is 6.09 Å². The van der Waals surface area contributed by atoms with Gasteiger partial charge in [-0.1, -0.05) is 54.3 Å². The summed E-state index contributed by atoms with van der Waals surface area (Å²) >= 11 is 0. The van der Waals surface area contributed by atoms with Crippen LogP contribution < -0.4 is 5.32 Å². The number of nitrogens with one attached hydrogen (secondary N) is 1. The Balaban J connectivity index is 1.67. The van der Waals surface area contributed by atoms with Crippen LogP contribution in [0.1, 0.15) is 34.8 Å². The van der Waals surface area contributed by atoms with Crippen LogP contribution in [0, 0.1) is 11.8 Å². The molecule has 2 aromatic carbocycles. The van der Waals surface area contributed by atoms with E-state index in [-0.39, 0.29) is 12.4 Å². The average molecular weight is 321 g/mol. The number of Topliss-reactive ketones (excluding diaryl/α,β-unsaturated/α-hetero) is 1. The minimum absolute atomic E-state index is 0.0349. The number of benzene rings is 2. The molecular formula is C20H19NO3. The third kappa shape index (κ3) is 5.98. The van der Waals surface area contributed by atoms with Crippen LogP contribution in [0.2, 0.25) is 0 Å². The zero-order chi connectivity index (χ0) is 17.2. The zero-order valence-corrected chi connectivity index (χ0v) is 13.5. The first kappa shape index (κ1) is 17.3. The normalized spacial score (nSPS) is 9.54. The SMILES string of the molecule is CC(=O)c1ccc(C#CCCNC(=O)OCc2ccccc2)cc1. The molecule has 0 bridgehead atoms. The van der Waals surface area contributed by atoms with E-state index in [4.69, 9.17) is 4.74 Å². The van der Waals surface area contributed by atoms with E-state index in [0.29, 0.717) is 18.5 Å². The Morgan fingerprint density at radius 2 is 1.75 bits per heavy atom. The van der Waals surface area contributed by atoms with Gasteiger partial charge in [-0.2, -0.15) is 0 Å². The van der Waals surface area contributed by atoms with Gasteiger partial charge in [-0.05, 0) is 24.6 Å². The summed E-state index contributed by atoms with van der Waals surface area (Å²) in [5.74, 6) is 6.00. The maximum absolute atomic E-state index is 11.5. The number of rotatable bonds is 5. The predicted molar refractivity (Wildman–Crippen MR) is 92.6 cm³/mol. The maximum Gasteiger partial charge on any atom is 0.407 e. The van der Waals surface area contributed by atoms with Gasteiger partial charge in [-0.25, -0.2) is 4.79 Å². The molecule has 0 aliphatic rings. The fourth-order valence-electron chi connectivity index (χ4n) is 1.95. The maximum atomic E-state index is 11.5. The molecule has 4 heteroatoms. The zero-order valence-electron chi connectivity index (χ0n) is 13.5. The lowest BCUT2D eigenvalue weighted by molar-refractivity contribution is 0.101. The van der Waals surface area contributed by atoms with E-state index in [1.807, 2.05) is 42.5 Å². The minimum Gasteiger partial charge on any atom is -0.445 e. The Kier molecular flexibility index (Phi) is 6.60. The summed E-state index contributed by atoms with van der Waals surface area (Å²) in [5, 5.41) is 2.65. The molecule has 2 rings (SSSR count). The highest BCUT2D eigenvalue weighted by Crippen LogP contribution is 2.04. The van der Waals surface area contributed by atoms with E-state index in [2.05, 4.69) is 17.2 Å². The number of ketones is 1. The molecule has 0 unspecified atom stereocenters. The van der Waals surface area contributed by atoms with Crippen molar-refractivity contribution in [3.05, 3.63) is 71.3 Å². The van der Waals surface area contributed by atoms with E-state index in [9.17, 15) is 9.59 Å². The summed E-state index contributed by atoms with van der Waals surface area (Å²) in [7, 11) is 0. The number of ether oxygens (including phenoxy) is 1. The van der Waals surface area contributed by atoms with Crippen LogP contribution in [0.4, 0.5) is 4.79 Å². The number of carbonyl (C=O) groups excluding carboxylic acids is 2. The Morgan fingerprint density at radius 1 is 1.04 bits per heavy atom. The molecule has 0 radical (unpaired) electrons. The first-order valence-corrected chi connectivity index (χ1v) is 7.69. The monoisotopic (exact) mass is 321 g/mol. The molecule has 0 saturated heterocycles. The number of hydrogen-bond acceptors (Lipinski definition) is 3. The average Bonchev–Trinajstić information content (AvgIpc) is 2.61. The molecule has 0 spiro atoms. The van der Waals surface area contributed by atoms with Crippen LogP contribution in [0.15, 0.2) is 54.6 Å². The van der Waals surface area contributed by atoms with Crippen molar-refractivity contribution in [2.45, 2.75) is 20.0 Å². The third-order valence-electron chi connectivity index (χ3n) is 3.26. The lowest BCUT2D eigenvalue weighted by atomic mass is 10.1. The molecule has 0 fully saturated rings. The number of carbonyl (C=O) groups is 2. The second-order valence-electron chi connectivity index (χ2n) is 5.17. The summed E-state index contributed by atoms with van der Waals surface area (Å²) in [5.41, 5.74) is 2.46. The molecule has 122 valence electrons. The third-order valence-corrected chi connectivity index (χ3v) is 3.26. The van der Waals surface area contributed by atoms with Crippen LogP contribution in [-0.2, 0) is 11.3 Å². The Labute approximate surface area is 141 Å². The van der Waals surface area contributed by atoms with Crippen LogP contribution in [0.25, 0.3) is 0 Å². The molecular weight excluding hydrogens is 302 g/mol. The lowest BCUT2D eigenvalue weighted by Crippen LogP contribution is -2.24. The highest BCUT2D eigenvalue weighted by atomic mass is 16.5. The molecule has 4 nitrogen and oxygen atoms in total. The fourth-order valence-corrected chi connectivity index (χ4v) is 1.95. The second kappa shape index (κ2) is 9.16. The van der Waals surface area contributed by atoms with Crippen LogP contribution in [-0.4, -0.2) is 18.4 Å². The largest absolute Gasteiger partial charge is 0.445 e. The molecule has 0 heterocycles. The second-order valence-corrected chi connectivity index (χ2v) is 5.17. The summed E-state index contributed by atoms with van der Waals surface area (Å²) in [4.78, 5) is 22.7. The predicted octanol–water partition coefficient (Wildman–Crippen LogP) is 3.56. The van der Waals surface area contributed by atoms with Crippen LogP contribution in [0.3, 0.4) is 0 Å². The quantitative estimate of drug-likeness (QED) is 0.520. The van der Waals surface area contributed by atoms with Gasteiger partial charge < -0.3 is 10.1 Å². The number of alkyl carbamates (subject to hydrolysis) is 1. The summed E-state index contributed by atoms with van der Waals surface area (Å²) in [6, 6.07) is 16.6. The first-order valence-electron chi connectivity index (χ1n) is 7.69. The Morgan fingerprint density at radius 3 is 2.42 bits per heavy atom. The van der Waals surface area contributed by atoms with E-state index in [1.165, 1.54) is 6.92 Å². The van der Waals surface area contributed by atoms with E-state index in [0.717, 1.165) is 11.1 Å². The van der Waals surface area contributed by atoms with E-state index in [1.54, 1.807) is 12.1 Å². The topological polar surface area (TPSA) is 55.4 Å². The van der Waals surface area contributed by atoms with Crippen molar-refractivity contribution in [2.24, 2.45) is 0 Å². The van der Waals surface area contributed by atoms with Crippen molar-refractivity contribution in [1.82, 2.24) is 5.32 Å². The van der Waals surface area contributed by atoms with Crippen molar-refractivity contribution in [3.8, 4) is 11.8 Å². The van der Waals surface area contributed by atoms with Crippen molar-refractivity contribution in [1.29, 1.82) is 0 Å². The van der Waals surface area contributed by atoms with Crippen LogP contribution in [0.5, 0.6) is 0 Å². The van der Waals surface area contributed by atoms with E-state index >= 15 is 0 Å². The molecule has 1 amide bonds. The van der Waals surface area contributed by atoms with Gasteiger partial charge in [0.05, 0.1) is 0 Å². The lowest BCUT2D eigenvalue weighted by Gasteiger charge is -2.05. The van der Waals surface area contributed by atoms with Gasteiger partial charge in [-0.15, -0.1) is 0 Å². The molecule has 0 aromatic heterocycles. The van der Waals surface area contributed by atoms with Gasteiger partial charge in [0.25, 0.3) is 0 Å². The van der Waals surface area contributed by atoms with Gasteiger partial charge in [0.2, 0.25) is 0 Å². The standard InChI is InChI=1S/C20H19NO3/c1-16(22)19-12-10-17(11-13-19)7-5-6-14-21-20(23)24-15-18-8-3-2-4-9-18/h2-4,8-13H,6,14-15H2,1H3,(H,21,23). The highest BCUT2D eigenvalue weighted by Gasteiger charge is 2.00. The Bertz CT molecular complexity index is 740. The molecule has 0 saturated carbocycles. The van der Waals surface area contributed by atoms with Crippen molar-refractivity contribution < 1.29 is 14.3 Å². The minimum atomic E-state index is -0.452. The first-order chi connectivity index (χ1) is 11.6. The summed E-state index contributed by atoms with van der Waals surface area (Å²) < 4.78 is 5.10. The fraction of sp³-hybridized carbons (Fsp3) is 0.200. The van der Waals surface area contributed by atoms with Gasteiger partial charge >= 0.3 is 6.09 Å². The highest BCUT2D eigenvalue weighted by molar-refractivity contribution is 5.94. The molecule has 1 N–H and O–H groups in total. The number of hydrogen-bond donors (Lipinski definition) is 1. The van der Waals surface area contributed by atoms with Crippen molar-refractivity contribution in [2.75, 3.05) is 6.54 Å². The number of amides is 1. The van der Waals surface area contributed by atoms with Crippen molar-refractivity contribution >= 4 is 11.9 Å². The molecule has 2 aromatic rings. The van der Waals surface area contributed by atoms with Gasteiger partial charge in [0, 0.05) is 24.1 Å². The molecule has 24 heavy (non-hydrogen) atoms. The van der Waals surface area contributed by atoms with Gasteiger partial charge in [0.1, 0.15) is 6.61 Å². The summed E-state index contributed by atoms with van der Waals surface area (Å²) in [6.07, 6.45) is 0.0704. The smallest absolute Gasteiger partial charge is 0.407 e. The van der Waals surface area contributed by atoms with Crippen molar-refractivity contribution in [3.63, 3.8) is 0 Å². The van der Waals surface area contributed by atoms with Gasteiger partial charge in [0.15, 0.2) is 5.78 Å². The van der Waals surface area contributed by atoms with Gasteiger partial charge in [-0.3, -0.25) is 4.79 Å². The Hall–Kier alpha value is -3.06. The van der Waals surface area contributed by atoms with Crippen LogP contribution >= 0.6 is 0 Å². The summed E-state index contributed by atoms with van der Waals surface area (Å²) in [6.45, 7) is 2.20. The molecule has 0 aliphatic heterocycles.